The fraction of sp³-hybridized carbons (Fsp3) is 0.379. The summed E-state index contributed by atoms with van der Waals surface area (Å²) in [6.45, 7) is -1.20. The van der Waals surface area contributed by atoms with E-state index >= 15 is 0 Å². The zero-order chi connectivity index (χ0) is 39.3. The molecule has 9 N–H and O–H groups in total. The average Bonchev–Trinajstić information content (AvgIpc) is 3.47. The Hall–Kier alpha value is -5.88. The Kier molecular flexibility index (Phi) is 9.93. The number of hydrogen-bond donors (Lipinski definition) is 8. The molecule has 0 spiro atoms. The molecule has 0 bridgehead atoms. The minimum Gasteiger partial charge on any atom is -0.504 e. The van der Waals surface area contributed by atoms with Crippen molar-refractivity contribution in [3.05, 3.63) is 33.8 Å². The number of halogens is 1. The quantitative estimate of drug-likeness (QED) is 0.0268. The molecule has 2 unspecified atom stereocenters. The first-order chi connectivity index (χ1) is 25.5. The summed E-state index contributed by atoms with van der Waals surface area (Å²) in [5, 5.41) is 48.1. The summed E-state index contributed by atoms with van der Waals surface area (Å²) in [6.07, 6.45) is -0.132. The molecule has 286 valence electrons. The van der Waals surface area contributed by atoms with Crippen molar-refractivity contribution in [3.8, 4) is 11.5 Å². The Balaban J connectivity index is 1.06. The summed E-state index contributed by atoms with van der Waals surface area (Å²) in [7, 11) is 0. The maximum absolute atomic E-state index is 13.4. The molecular weight excluding hydrogens is 782 g/mol. The summed E-state index contributed by atoms with van der Waals surface area (Å²) in [6, 6.07) is -0.227. The zero-order valence-electron chi connectivity index (χ0n) is 27.3. The van der Waals surface area contributed by atoms with Gasteiger partial charge in [0.1, 0.15) is 17.1 Å². The first-order valence-corrected chi connectivity index (χ1v) is 17.8. The number of urea groups is 1. The van der Waals surface area contributed by atoms with E-state index in [0.29, 0.717) is 11.8 Å². The van der Waals surface area contributed by atoms with Crippen LogP contribution in [0, 0.1) is 0 Å². The van der Waals surface area contributed by atoms with Gasteiger partial charge in [-0.05, 0) is 12.1 Å². The van der Waals surface area contributed by atoms with Gasteiger partial charge < -0.3 is 46.5 Å². The number of oxime groups is 1. The van der Waals surface area contributed by atoms with E-state index in [4.69, 9.17) is 22.2 Å². The van der Waals surface area contributed by atoms with E-state index in [-0.39, 0.29) is 43.3 Å². The normalized spacial score (nSPS) is 22.6. The molecule has 4 aliphatic rings. The SMILES string of the molecule is Nc1nc(/C(=N/OC2(C(=O)O)CC2)C(=O)NC2C(=O)N3CC(C(=O)O)(N4CCN(NC(=O)CCNC(=O)C(=O)c5ccc(O)c(O)c5Cl)C4=O)S[C@H]23)cs1. The van der Waals surface area contributed by atoms with E-state index in [1.165, 1.54) is 5.38 Å². The summed E-state index contributed by atoms with van der Waals surface area (Å²) < 4.78 is 0. The van der Waals surface area contributed by atoms with Crippen LogP contribution >= 0.6 is 34.7 Å². The van der Waals surface area contributed by atoms with Crippen molar-refractivity contribution in [1.82, 2.24) is 35.9 Å². The van der Waals surface area contributed by atoms with Crippen LogP contribution in [-0.2, 0) is 33.6 Å². The first-order valence-electron chi connectivity index (χ1n) is 15.6. The number of aromatic hydroxyl groups is 2. The second kappa shape index (κ2) is 14.2. The molecule has 1 aromatic carbocycles. The Morgan fingerprint density at radius 1 is 1.07 bits per heavy atom. The monoisotopic (exact) mass is 809 g/mol. The van der Waals surface area contributed by atoms with Crippen molar-refractivity contribution in [2.75, 3.05) is 31.9 Å². The third kappa shape index (κ3) is 6.73. The number of nitrogen functional groups attached to an aromatic ring is 1. The number of aromatic nitrogens is 1. The number of ketones is 1. The van der Waals surface area contributed by atoms with E-state index < -0.39 is 110 Å². The topological polar surface area (TPSA) is 324 Å². The number of carbonyl (C=O) groups excluding carboxylic acids is 6. The van der Waals surface area contributed by atoms with E-state index in [2.05, 4.69) is 26.2 Å². The predicted octanol–water partition coefficient (Wildman–Crippen LogP) is -1.53. The molecule has 0 radical (unpaired) electrons. The number of phenolic OH excluding ortho intramolecular Hbond substituents is 2. The lowest BCUT2D eigenvalue weighted by Crippen LogP contribution is -2.68. The Bertz CT molecular complexity index is 2040. The van der Waals surface area contributed by atoms with Crippen molar-refractivity contribution < 1.29 is 63.6 Å². The molecule has 54 heavy (non-hydrogen) atoms. The molecule has 1 aliphatic carbocycles. The smallest absolute Gasteiger partial charge is 0.350 e. The van der Waals surface area contributed by atoms with Gasteiger partial charge in [0.25, 0.3) is 17.6 Å². The number of thiazole rings is 1. The number of fused-ring (bicyclic) bond motifs is 1. The van der Waals surface area contributed by atoms with Gasteiger partial charge in [-0.3, -0.25) is 34.3 Å². The Morgan fingerprint density at radius 2 is 1.80 bits per heavy atom. The van der Waals surface area contributed by atoms with Crippen LogP contribution < -0.4 is 21.8 Å². The molecule has 1 aromatic heterocycles. The fourth-order valence-corrected chi connectivity index (χ4v) is 8.04. The number of aliphatic carboxylic acids is 2. The second-order valence-corrected chi connectivity index (χ2v) is 14.8. The maximum atomic E-state index is 13.4. The number of amides is 6. The van der Waals surface area contributed by atoms with Crippen molar-refractivity contribution in [2.24, 2.45) is 5.16 Å². The van der Waals surface area contributed by atoms with Crippen LogP contribution in [0.15, 0.2) is 22.7 Å². The van der Waals surface area contributed by atoms with Crippen molar-refractivity contribution in [2.45, 2.75) is 41.2 Å². The predicted molar refractivity (Wildman–Crippen MR) is 183 cm³/mol. The number of phenols is 2. The number of rotatable bonds is 14. The van der Waals surface area contributed by atoms with Gasteiger partial charge in [0.15, 0.2) is 22.3 Å². The summed E-state index contributed by atoms with van der Waals surface area (Å²) in [4.78, 5) is 111. The minimum atomic E-state index is -2.03. The number of carboxylic acid groups (broad SMARTS) is 2. The number of nitrogens with one attached hydrogen (secondary N) is 3. The van der Waals surface area contributed by atoms with Gasteiger partial charge in [-0.1, -0.05) is 28.5 Å². The average molecular weight is 810 g/mol. The molecule has 3 atom stereocenters. The van der Waals surface area contributed by atoms with E-state index in [1.807, 2.05) is 0 Å². The number of benzene rings is 1. The highest BCUT2D eigenvalue weighted by atomic mass is 35.5. The number of nitrogens with two attached hydrogens (primary N) is 1. The third-order valence-corrected chi connectivity index (χ3v) is 11.5. The van der Waals surface area contributed by atoms with Crippen molar-refractivity contribution >= 4 is 92.9 Å². The standard InChI is InChI=1S/C29H28ClN9O13S2/c30-15-11(1-2-13(40)19(15)43)18(42)21(45)32-6-3-14(41)35-39-8-7-38(27(39)51)29(25(49)50)10-37-22(46)17(23(37)54-29)34-20(44)16(12-9-53-26(31)33-12)36-52-28(4-5-28)24(47)48/h1-2,9,17,23,40,43H,3-8,10H2,(H2,31,33)(H,32,45)(H,34,44)(H,35,41)(H,47,48)(H,49,50)/b36-16-/t17?,23-,29?/m1/s1. The molecular formula is C29H28ClN9O13S2. The van der Waals surface area contributed by atoms with Gasteiger partial charge in [0.2, 0.25) is 22.3 Å². The Labute approximate surface area is 315 Å². The molecule has 4 fully saturated rings. The van der Waals surface area contributed by atoms with E-state index in [9.17, 15) is 58.8 Å². The molecule has 6 amide bonds. The van der Waals surface area contributed by atoms with Crippen LogP contribution in [0.5, 0.6) is 11.5 Å². The molecule has 22 nitrogen and oxygen atoms in total. The molecule has 2 aromatic rings. The Morgan fingerprint density at radius 3 is 2.43 bits per heavy atom. The number of Topliss-reactive ketones (excluding diaryl/α,β-unsaturated/α-hetero) is 1. The molecule has 4 heterocycles. The lowest BCUT2D eigenvalue weighted by molar-refractivity contribution is -0.153. The van der Waals surface area contributed by atoms with Gasteiger partial charge in [-0.2, -0.15) is 0 Å². The highest BCUT2D eigenvalue weighted by molar-refractivity contribution is 8.02. The van der Waals surface area contributed by atoms with Crippen LogP contribution in [-0.4, -0.2) is 141 Å². The van der Waals surface area contributed by atoms with Gasteiger partial charge in [-0.25, -0.2) is 24.4 Å². The molecule has 3 saturated heterocycles. The lowest BCUT2D eigenvalue weighted by atomic mass is 10.1. The van der Waals surface area contributed by atoms with Gasteiger partial charge >= 0.3 is 18.0 Å². The third-order valence-electron chi connectivity index (χ3n) is 8.74. The first kappa shape index (κ1) is 37.9. The zero-order valence-corrected chi connectivity index (χ0v) is 29.7. The number of carbonyl (C=O) groups is 8. The number of carboxylic acids is 2. The van der Waals surface area contributed by atoms with Crippen LogP contribution in [0.4, 0.5) is 9.93 Å². The number of anilines is 1. The van der Waals surface area contributed by atoms with Crippen LogP contribution in [0.25, 0.3) is 0 Å². The summed E-state index contributed by atoms with van der Waals surface area (Å²) in [5.41, 5.74) is 5.47. The van der Waals surface area contributed by atoms with E-state index in [0.717, 1.165) is 38.3 Å². The number of hydrogen-bond acceptors (Lipinski definition) is 16. The lowest BCUT2D eigenvalue weighted by Gasteiger charge is -2.41. The van der Waals surface area contributed by atoms with E-state index in [1.54, 1.807) is 0 Å². The largest absolute Gasteiger partial charge is 0.504 e. The molecule has 1 saturated carbocycles. The van der Waals surface area contributed by atoms with Crippen molar-refractivity contribution in [3.63, 3.8) is 0 Å². The van der Waals surface area contributed by atoms with Gasteiger partial charge in [-0.15, -0.1) is 11.3 Å². The molecule has 3 aliphatic heterocycles. The molecule has 25 heteroatoms. The van der Waals surface area contributed by atoms with Crippen LogP contribution in [0.1, 0.15) is 35.3 Å². The number of β-lactam (4-membered cyclic amide) rings is 1. The van der Waals surface area contributed by atoms with Crippen LogP contribution in [0.3, 0.4) is 0 Å². The number of nitrogens with zero attached hydrogens (tertiary/aromatic N) is 5. The fourth-order valence-electron chi connectivity index (χ4n) is 5.61. The maximum Gasteiger partial charge on any atom is 0.350 e. The second-order valence-electron chi connectivity index (χ2n) is 12.2. The number of thioether (sulfide) groups is 1. The minimum absolute atomic E-state index is 0.0559. The summed E-state index contributed by atoms with van der Waals surface area (Å²) in [5.74, 6) is -8.95. The van der Waals surface area contributed by atoms with Crippen LogP contribution in [0.2, 0.25) is 5.02 Å². The van der Waals surface area contributed by atoms with Gasteiger partial charge in [0.05, 0.1) is 23.7 Å². The highest BCUT2D eigenvalue weighted by Gasteiger charge is 2.66. The highest BCUT2D eigenvalue weighted by Crippen LogP contribution is 2.49. The van der Waals surface area contributed by atoms with Gasteiger partial charge in [0, 0.05) is 37.7 Å². The summed E-state index contributed by atoms with van der Waals surface area (Å²) >= 11 is 7.49. The number of hydrazine groups is 1. The van der Waals surface area contributed by atoms with Crippen molar-refractivity contribution in [1.29, 1.82) is 0 Å². The molecule has 6 rings (SSSR count).